The second-order valence-corrected chi connectivity index (χ2v) is 10.6. The minimum absolute atomic E-state index is 0.0508. The molecule has 0 radical (unpaired) electrons. The SMILES string of the molecule is Cc1ccc(S(=O)(=O)Nc2nc(-c3ccc4c(c3)C(C)(C)C(=O)N4C)cs2)c(C)c1. The van der Waals surface area contributed by atoms with Gasteiger partial charge in [0.2, 0.25) is 5.91 Å². The smallest absolute Gasteiger partial charge is 0.263 e. The lowest BCUT2D eigenvalue weighted by Gasteiger charge is -2.16. The van der Waals surface area contributed by atoms with Crippen molar-refractivity contribution >= 4 is 38.1 Å². The third-order valence-corrected chi connectivity index (χ3v) is 7.90. The minimum Gasteiger partial charge on any atom is -0.314 e. The monoisotopic (exact) mass is 441 g/mol. The highest BCUT2D eigenvalue weighted by Crippen LogP contribution is 2.42. The van der Waals surface area contributed by atoms with Gasteiger partial charge in [-0.3, -0.25) is 9.52 Å². The number of nitrogens with zero attached hydrogens (tertiary/aromatic N) is 2. The summed E-state index contributed by atoms with van der Waals surface area (Å²) in [6, 6.07) is 11.0. The first-order valence-corrected chi connectivity index (χ1v) is 11.9. The topological polar surface area (TPSA) is 79.4 Å². The van der Waals surface area contributed by atoms with E-state index in [4.69, 9.17) is 0 Å². The highest BCUT2D eigenvalue weighted by atomic mass is 32.2. The third kappa shape index (κ3) is 3.30. The predicted octanol–water partition coefficient (Wildman–Crippen LogP) is 4.48. The summed E-state index contributed by atoms with van der Waals surface area (Å²) in [5.74, 6) is 0.0508. The Morgan fingerprint density at radius 2 is 1.83 bits per heavy atom. The number of nitrogens with one attached hydrogen (secondary N) is 1. The maximum Gasteiger partial charge on any atom is 0.263 e. The summed E-state index contributed by atoms with van der Waals surface area (Å²) in [6.07, 6.45) is 0. The third-order valence-electron chi connectivity index (χ3n) is 5.51. The zero-order valence-electron chi connectivity index (χ0n) is 17.5. The molecule has 1 aliphatic rings. The normalized spacial score (nSPS) is 15.4. The molecule has 1 aromatic heterocycles. The van der Waals surface area contributed by atoms with Crippen LogP contribution in [0.3, 0.4) is 0 Å². The largest absolute Gasteiger partial charge is 0.314 e. The molecule has 1 amide bonds. The number of benzene rings is 2. The molecule has 0 atom stereocenters. The van der Waals surface area contributed by atoms with Crippen LogP contribution in [0.5, 0.6) is 0 Å². The van der Waals surface area contributed by atoms with Crippen molar-refractivity contribution in [3.05, 3.63) is 58.5 Å². The van der Waals surface area contributed by atoms with Crippen LogP contribution < -0.4 is 9.62 Å². The van der Waals surface area contributed by atoms with Crippen LogP contribution in [-0.4, -0.2) is 26.4 Å². The van der Waals surface area contributed by atoms with Crippen LogP contribution in [0.15, 0.2) is 46.7 Å². The highest BCUT2D eigenvalue weighted by Gasteiger charge is 2.42. The second kappa shape index (κ2) is 6.92. The molecule has 3 aromatic rings. The summed E-state index contributed by atoms with van der Waals surface area (Å²) in [4.78, 5) is 18.9. The van der Waals surface area contributed by atoms with Gasteiger partial charge in [0.15, 0.2) is 5.13 Å². The van der Waals surface area contributed by atoms with Crippen LogP contribution in [0.1, 0.15) is 30.5 Å². The second-order valence-electron chi connectivity index (χ2n) is 8.13. The number of thiazole rings is 1. The lowest BCUT2D eigenvalue weighted by molar-refractivity contribution is -0.121. The molecule has 30 heavy (non-hydrogen) atoms. The Labute approximate surface area is 180 Å². The number of hydrogen-bond acceptors (Lipinski definition) is 5. The van der Waals surface area contributed by atoms with E-state index in [1.54, 1.807) is 31.0 Å². The molecule has 0 spiro atoms. The van der Waals surface area contributed by atoms with Gasteiger partial charge in [0.25, 0.3) is 10.0 Å². The summed E-state index contributed by atoms with van der Waals surface area (Å²) < 4.78 is 28.2. The van der Waals surface area contributed by atoms with Crippen molar-refractivity contribution in [3.63, 3.8) is 0 Å². The van der Waals surface area contributed by atoms with Gasteiger partial charge in [-0.15, -0.1) is 11.3 Å². The zero-order chi connectivity index (χ0) is 21.8. The number of anilines is 2. The molecule has 0 saturated heterocycles. The van der Waals surface area contributed by atoms with Crippen molar-refractivity contribution in [1.29, 1.82) is 0 Å². The lowest BCUT2D eigenvalue weighted by Crippen LogP contribution is -2.33. The van der Waals surface area contributed by atoms with Crippen LogP contribution in [0.2, 0.25) is 0 Å². The van der Waals surface area contributed by atoms with Crippen LogP contribution >= 0.6 is 11.3 Å². The molecule has 2 aromatic carbocycles. The van der Waals surface area contributed by atoms with Gasteiger partial charge in [0.05, 0.1) is 16.0 Å². The van der Waals surface area contributed by atoms with Gasteiger partial charge >= 0.3 is 0 Å². The van der Waals surface area contributed by atoms with Gasteiger partial charge in [-0.25, -0.2) is 13.4 Å². The van der Waals surface area contributed by atoms with Gasteiger partial charge in [0.1, 0.15) is 0 Å². The van der Waals surface area contributed by atoms with Crippen LogP contribution in [-0.2, 0) is 20.2 Å². The van der Waals surface area contributed by atoms with Crippen LogP contribution in [0.4, 0.5) is 10.8 Å². The van der Waals surface area contributed by atoms with Gasteiger partial charge < -0.3 is 4.90 Å². The van der Waals surface area contributed by atoms with Crippen molar-refractivity contribution in [2.45, 2.75) is 38.0 Å². The Kier molecular flexibility index (Phi) is 4.74. The number of carbonyl (C=O) groups excluding carboxylic acids is 1. The fourth-order valence-electron chi connectivity index (χ4n) is 3.86. The summed E-state index contributed by atoms with van der Waals surface area (Å²) >= 11 is 1.23. The van der Waals surface area contributed by atoms with E-state index in [0.29, 0.717) is 16.4 Å². The summed E-state index contributed by atoms with van der Waals surface area (Å²) in [5.41, 5.74) is 4.43. The molecule has 6 nitrogen and oxygen atoms in total. The number of likely N-dealkylation sites (N-methyl/N-ethyl adjacent to an activating group) is 1. The number of rotatable bonds is 4. The van der Waals surface area contributed by atoms with E-state index >= 15 is 0 Å². The molecule has 0 bridgehead atoms. The lowest BCUT2D eigenvalue weighted by atomic mass is 9.85. The number of aryl methyl sites for hydroxylation is 2. The maximum absolute atomic E-state index is 12.8. The number of aromatic nitrogens is 1. The van der Waals surface area contributed by atoms with E-state index in [0.717, 1.165) is 22.4 Å². The Balaban J connectivity index is 1.64. The minimum atomic E-state index is -3.73. The fourth-order valence-corrected chi connectivity index (χ4v) is 6.06. The van der Waals surface area contributed by atoms with Gasteiger partial charge in [-0.1, -0.05) is 23.8 Å². The van der Waals surface area contributed by atoms with Crippen LogP contribution in [0.25, 0.3) is 11.3 Å². The van der Waals surface area contributed by atoms with E-state index in [9.17, 15) is 13.2 Å². The molecule has 1 N–H and O–H groups in total. The fraction of sp³-hybridized carbons (Fsp3) is 0.273. The van der Waals surface area contributed by atoms with Crippen molar-refractivity contribution in [1.82, 2.24) is 4.98 Å². The number of amides is 1. The van der Waals surface area contributed by atoms with Gasteiger partial charge in [-0.2, -0.15) is 0 Å². The molecule has 0 saturated carbocycles. The van der Waals surface area contributed by atoms with Crippen molar-refractivity contribution in [2.75, 3.05) is 16.7 Å². The van der Waals surface area contributed by atoms with E-state index in [1.165, 1.54) is 11.3 Å². The van der Waals surface area contributed by atoms with E-state index in [1.807, 2.05) is 50.4 Å². The number of hydrogen-bond donors (Lipinski definition) is 1. The molecule has 1 aliphatic heterocycles. The first-order valence-electron chi connectivity index (χ1n) is 9.49. The summed E-state index contributed by atoms with van der Waals surface area (Å²) in [7, 11) is -1.95. The van der Waals surface area contributed by atoms with Crippen molar-refractivity contribution in [2.24, 2.45) is 0 Å². The molecular weight excluding hydrogens is 418 g/mol. The van der Waals surface area contributed by atoms with Gasteiger partial charge in [-0.05, 0) is 57.0 Å². The average molecular weight is 442 g/mol. The Morgan fingerprint density at radius 3 is 2.53 bits per heavy atom. The Bertz CT molecular complexity index is 1280. The van der Waals surface area contributed by atoms with Crippen LogP contribution in [0, 0.1) is 13.8 Å². The molecule has 156 valence electrons. The van der Waals surface area contributed by atoms with E-state index < -0.39 is 15.4 Å². The Morgan fingerprint density at radius 1 is 1.10 bits per heavy atom. The van der Waals surface area contributed by atoms with Gasteiger partial charge in [0, 0.05) is 23.7 Å². The summed E-state index contributed by atoms with van der Waals surface area (Å²) in [6.45, 7) is 7.52. The first-order chi connectivity index (χ1) is 14.0. The molecule has 4 rings (SSSR count). The number of sulfonamides is 1. The van der Waals surface area contributed by atoms with E-state index in [-0.39, 0.29) is 10.8 Å². The predicted molar refractivity (Wildman–Crippen MR) is 121 cm³/mol. The first kappa shape index (κ1) is 20.6. The molecule has 2 heterocycles. The number of carbonyl (C=O) groups is 1. The average Bonchev–Trinajstić information content (AvgIpc) is 3.19. The maximum atomic E-state index is 12.8. The molecule has 0 unspecified atom stereocenters. The zero-order valence-corrected chi connectivity index (χ0v) is 19.1. The number of fused-ring (bicyclic) bond motifs is 1. The van der Waals surface area contributed by atoms with E-state index in [2.05, 4.69) is 9.71 Å². The van der Waals surface area contributed by atoms with Crippen molar-refractivity contribution < 1.29 is 13.2 Å². The Hall–Kier alpha value is -2.71. The molecule has 0 fully saturated rings. The molecule has 8 heteroatoms. The quantitative estimate of drug-likeness (QED) is 0.647. The molecular formula is C22H23N3O3S2. The summed E-state index contributed by atoms with van der Waals surface area (Å²) in [5, 5.41) is 2.12. The molecule has 0 aliphatic carbocycles. The highest BCUT2D eigenvalue weighted by molar-refractivity contribution is 7.93. The van der Waals surface area contributed by atoms with Crippen molar-refractivity contribution in [3.8, 4) is 11.3 Å². The standard InChI is InChI=1S/C22H23N3O3S2/c1-13-6-9-19(14(2)10-13)30(27,28)24-21-23-17(12-29-21)15-7-8-18-16(11-15)22(3,4)20(26)25(18)5/h6-12H,1-5H3,(H,23,24).